The highest BCUT2D eigenvalue weighted by molar-refractivity contribution is 6.31. The molecular weight excluding hydrogens is 404 g/mol. The third-order valence-electron chi connectivity index (χ3n) is 4.60. The first-order chi connectivity index (χ1) is 14.5. The van der Waals surface area contributed by atoms with E-state index in [0.717, 1.165) is 5.56 Å². The van der Waals surface area contributed by atoms with E-state index in [0.29, 0.717) is 33.3 Å². The summed E-state index contributed by atoms with van der Waals surface area (Å²) < 4.78 is 12.5. The van der Waals surface area contributed by atoms with Crippen LogP contribution >= 0.6 is 11.6 Å². The number of para-hydroxylation sites is 2. The molecule has 1 aromatic heterocycles. The fourth-order valence-electron chi connectivity index (χ4n) is 3.07. The lowest BCUT2D eigenvalue weighted by Gasteiger charge is -2.13. The number of ether oxygens (including phenoxy) is 1. The molecule has 0 unspecified atom stereocenters. The van der Waals surface area contributed by atoms with Gasteiger partial charge in [0.05, 0.1) is 11.2 Å². The van der Waals surface area contributed by atoms with Crippen LogP contribution in [-0.2, 0) is 11.3 Å². The van der Waals surface area contributed by atoms with E-state index in [4.69, 9.17) is 20.8 Å². The van der Waals surface area contributed by atoms with Gasteiger partial charge in [0.25, 0.3) is 0 Å². The van der Waals surface area contributed by atoms with E-state index in [2.05, 4.69) is 5.32 Å². The number of nitrogens with one attached hydrogen (secondary N) is 1. The van der Waals surface area contributed by atoms with Crippen molar-refractivity contribution in [3.05, 3.63) is 87.9 Å². The van der Waals surface area contributed by atoms with Crippen molar-refractivity contribution in [2.45, 2.75) is 19.9 Å². The Balaban J connectivity index is 1.48. The minimum atomic E-state index is -0.491. The van der Waals surface area contributed by atoms with E-state index >= 15 is 0 Å². The minimum Gasteiger partial charge on any atom is -0.455 e. The van der Waals surface area contributed by atoms with Gasteiger partial charge in [-0.05, 0) is 49.4 Å². The number of aryl methyl sites for hydroxylation is 2. The van der Waals surface area contributed by atoms with Crippen LogP contribution in [0.1, 0.15) is 12.0 Å². The molecule has 0 saturated carbocycles. The van der Waals surface area contributed by atoms with Crippen LogP contribution in [0.15, 0.2) is 75.9 Å². The first-order valence-corrected chi connectivity index (χ1v) is 9.80. The van der Waals surface area contributed by atoms with Crippen LogP contribution < -0.4 is 15.8 Å². The fourth-order valence-corrected chi connectivity index (χ4v) is 3.25. The lowest BCUT2D eigenvalue weighted by atomic mass is 10.2. The second-order valence-electron chi connectivity index (χ2n) is 6.84. The first kappa shape index (κ1) is 19.8. The molecule has 7 heteroatoms. The Kier molecular flexibility index (Phi) is 5.59. The molecule has 0 saturated heterocycles. The Hall–Kier alpha value is -3.51. The second kappa shape index (κ2) is 8.47. The molecule has 4 aromatic rings. The number of amides is 1. The van der Waals surface area contributed by atoms with Crippen LogP contribution in [0.5, 0.6) is 11.5 Å². The molecule has 0 radical (unpaired) electrons. The number of hydrogen-bond donors (Lipinski definition) is 1. The number of oxazole rings is 1. The van der Waals surface area contributed by atoms with Crippen LogP contribution in [-0.4, -0.2) is 10.5 Å². The van der Waals surface area contributed by atoms with Crippen molar-refractivity contribution < 1.29 is 13.9 Å². The van der Waals surface area contributed by atoms with Crippen LogP contribution in [0.25, 0.3) is 11.1 Å². The molecule has 0 aliphatic heterocycles. The van der Waals surface area contributed by atoms with Crippen LogP contribution in [0.3, 0.4) is 0 Å². The van der Waals surface area contributed by atoms with Crippen molar-refractivity contribution in [2.24, 2.45) is 0 Å². The number of carbonyl (C=O) groups is 1. The van der Waals surface area contributed by atoms with Gasteiger partial charge < -0.3 is 14.5 Å². The van der Waals surface area contributed by atoms with Crippen molar-refractivity contribution in [3.63, 3.8) is 0 Å². The molecular formula is C23H19ClN2O4. The van der Waals surface area contributed by atoms with Crippen LogP contribution in [0.4, 0.5) is 5.69 Å². The monoisotopic (exact) mass is 422 g/mol. The number of rotatable bonds is 6. The molecule has 0 spiro atoms. The Morgan fingerprint density at radius 1 is 1.10 bits per heavy atom. The molecule has 4 rings (SSSR count). The standard InChI is InChI=1S/C23H19ClN2O4/c1-15-6-9-17(10-7-15)29-20-11-8-16(24)14-18(20)25-22(27)12-13-26-19-4-2-3-5-21(19)30-23(26)28/h2-11,14H,12-13H2,1H3,(H,25,27). The van der Waals surface area contributed by atoms with E-state index in [1.807, 2.05) is 37.3 Å². The summed E-state index contributed by atoms with van der Waals surface area (Å²) in [5, 5.41) is 3.29. The predicted octanol–water partition coefficient (Wildman–Crippen LogP) is 5.38. The second-order valence-corrected chi connectivity index (χ2v) is 7.28. The lowest BCUT2D eigenvalue weighted by molar-refractivity contribution is -0.116. The molecule has 0 aliphatic carbocycles. The third-order valence-corrected chi connectivity index (χ3v) is 4.84. The van der Waals surface area contributed by atoms with Gasteiger partial charge in [-0.25, -0.2) is 4.79 Å². The van der Waals surface area contributed by atoms with E-state index < -0.39 is 5.76 Å². The maximum atomic E-state index is 12.6. The number of hydrogen-bond acceptors (Lipinski definition) is 4. The average molecular weight is 423 g/mol. The van der Waals surface area contributed by atoms with Gasteiger partial charge >= 0.3 is 5.76 Å². The molecule has 1 amide bonds. The van der Waals surface area contributed by atoms with Gasteiger partial charge in [0.1, 0.15) is 5.75 Å². The summed E-state index contributed by atoms with van der Waals surface area (Å²) in [7, 11) is 0. The highest BCUT2D eigenvalue weighted by atomic mass is 35.5. The van der Waals surface area contributed by atoms with Gasteiger partial charge in [-0.1, -0.05) is 41.4 Å². The van der Waals surface area contributed by atoms with Gasteiger partial charge in [0.2, 0.25) is 5.91 Å². The average Bonchev–Trinajstić information content (AvgIpc) is 3.05. The van der Waals surface area contributed by atoms with Crippen LogP contribution in [0, 0.1) is 6.92 Å². The van der Waals surface area contributed by atoms with Gasteiger partial charge in [-0.2, -0.15) is 0 Å². The number of carbonyl (C=O) groups excluding carboxylic acids is 1. The Morgan fingerprint density at radius 3 is 2.67 bits per heavy atom. The quantitative estimate of drug-likeness (QED) is 0.453. The number of benzene rings is 3. The molecule has 1 heterocycles. The molecule has 0 bridgehead atoms. The van der Waals surface area contributed by atoms with Crippen molar-refractivity contribution in [1.29, 1.82) is 0 Å². The molecule has 3 aromatic carbocycles. The molecule has 0 fully saturated rings. The molecule has 0 atom stereocenters. The summed E-state index contributed by atoms with van der Waals surface area (Å²) >= 11 is 6.10. The molecule has 6 nitrogen and oxygen atoms in total. The summed E-state index contributed by atoms with van der Waals surface area (Å²) in [5.41, 5.74) is 2.72. The molecule has 152 valence electrons. The van der Waals surface area contributed by atoms with E-state index in [9.17, 15) is 9.59 Å². The predicted molar refractivity (Wildman–Crippen MR) is 116 cm³/mol. The number of fused-ring (bicyclic) bond motifs is 1. The topological polar surface area (TPSA) is 73.5 Å². The highest BCUT2D eigenvalue weighted by Crippen LogP contribution is 2.32. The van der Waals surface area contributed by atoms with E-state index in [1.54, 1.807) is 36.4 Å². The zero-order valence-corrected chi connectivity index (χ0v) is 17.0. The number of anilines is 1. The fraction of sp³-hybridized carbons (Fsp3) is 0.130. The highest BCUT2D eigenvalue weighted by Gasteiger charge is 2.13. The van der Waals surface area contributed by atoms with Crippen molar-refractivity contribution in [2.75, 3.05) is 5.32 Å². The maximum absolute atomic E-state index is 12.6. The Labute approximate surface area is 177 Å². The largest absolute Gasteiger partial charge is 0.455 e. The van der Waals surface area contributed by atoms with Gasteiger partial charge in [0.15, 0.2) is 11.3 Å². The summed E-state index contributed by atoms with van der Waals surface area (Å²) in [6.07, 6.45) is 0.0833. The van der Waals surface area contributed by atoms with Crippen LogP contribution in [0.2, 0.25) is 5.02 Å². The SMILES string of the molecule is Cc1ccc(Oc2ccc(Cl)cc2NC(=O)CCn2c(=O)oc3ccccc32)cc1. The molecule has 1 N–H and O–H groups in total. The Morgan fingerprint density at radius 2 is 1.87 bits per heavy atom. The normalized spacial score (nSPS) is 10.9. The summed E-state index contributed by atoms with van der Waals surface area (Å²) in [6, 6.07) is 19.7. The zero-order chi connectivity index (χ0) is 21.1. The van der Waals surface area contributed by atoms with Crippen molar-refractivity contribution in [3.8, 4) is 11.5 Å². The third kappa shape index (κ3) is 4.39. The van der Waals surface area contributed by atoms with E-state index in [-0.39, 0.29) is 18.9 Å². The van der Waals surface area contributed by atoms with E-state index in [1.165, 1.54) is 4.57 Å². The smallest absolute Gasteiger partial charge is 0.419 e. The summed E-state index contributed by atoms with van der Waals surface area (Å²) in [5.74, 6) is 0.357. The first-order valence-electron chi connectivity index (χ1n) is 9.42. The van der Waals surface area contributed by atoms with Crippen molar-refractivity contribution >= 4 is 34.3 Å². The van der Waals surface area contributed by atoms with Gasteiger partial charge in [-0.15, -0.1) is 0 Å². The van der Waals surface area contributed by atoms with Gasteiger partial charge in [0, 0.05) is 18.0 Å². The van der Waals surface area contributed by atoms with Gasteiger partial charge in [-0.3, -0.25) is 9.36 Å². The Bertz CT molecular complexity index is 1260. The molecule has 30 heavy (non-hydrogen) atoms. The minimum absolute atomic E-state index is 0.0833. The lowest BCUT2D eigenvalue weighted by Crippen LogP contribution is -2.20. The summed E-state index contributed by atoms with van der Waals surface area (Å²) in [4.78, 5) is 24.6. The number of halogens is 1. The van der Waals surface area contributed by atoms with Crippen molar-refractivity contribution in [1.82, 2.24) is 4.57 Å². The zero-order valence-electron chi connectivity index (χ0n) is 16.2. The number of nitrogens with zero attached hydrogens (tertiary/aromatic N) is 1. The molecule has 0 aliphatic rings. The number of aromatic nitrogens is 1. The maximum Gasteiger partial charge on any atom is 0.419 e. The summed E-state index contributed by atoms with van der Waals surface area (Å²) in [6.45, 7) is 2.18.